The van der Waals surface area contributed by atoms with Crippen LogP contribution in [0.3, 0.4) is 0 Å². The van der Waals surface area contributed by atoms with Crippen LogP contribution in [-0.2, 0) is 27.6 Å². The van der Waals surface area contributed by atoms with Crippen molar-refractivity contribution >= 4 is 27.4 Å². The normalized spacial score (nSPS) is 11.5. The highest BCUT2D eigenvalue weighted by atomic mass is 35.5. The molecule has 0 amide bonds. The first-order valence-electron chi connectivity index (χ1n) is 10.2. The van der Waals surface area contributed by atoms with E-state index in [9.17, 15) is 18.3 Å². The van der Waals surface area contributed by atoms with Crippen molar-refractivity contribution in [2.24, 2.45) is 0 Å². The average molecular weight is 481 g/mol. The Morgan fingerprint density at radius 1 is 0.970 bits per heavy atom. The summed E-state index contributed by atoms with van der Waals surface area (Å²) in [7, 11) is -3.75. The SMILES string of the molecule is Cc1nn(Cc2ccccc2S(=O)(=O)c2ccccc2)c(-c2ccc(Cl)cc2)c1CC(=O)O. The van der Waals surface area contributed by atoms with Gasteiger partial charge in [-0.05, 0) is 42.8 Å². The molecular formula is C25H21ClN2O4S. The van der Waals surface area contributed by atoms with Crippen molar-refractivity contribution in [3.63, 3.8) is 0 Å². The zero-order valence-electron chi connectivity index (χ0n) is 17.8. The Bertz CT molecular complexity index is 1410. The second-order valence-electron chi connectivity index (χ2n) is 7.57. The topological polar surface area (TPSA) is 89.3 Å². The summed E-state index contributed by atoms with van der Waals surface area (Å²) in [5.74, 6) is -0.972. The van der Waals surface area contributed by atoms with Gasteiger partial charge in [0, 0.05) is 16.1 Å². The van der Waals surface area contributed by atoms with E-state index in [1.807, 2.05) is 0 Å². The molecular weight excluding hydrogens is 460 g/mol. The maximum atomic E-state index is 13.3. The molecule has 4 aromatic rings. The first kappa shape index (κ1) is 22.8. The standard InChI is InChI=1S/C25H21ClN2O4S/c1-17-22(15-24(29)30)25(18-11-13-20(26)14-12-18)28(27-17)16-19-7-5-6-10-23(19)33(31,32)21-8-3-2-4-9-21/h2-14H,15-16H2,1H3,(H,29,30). The highest BCUT2D eigenvalue weighted by molar-refractivity contribution is 7.91. The van der Waals surface area contributed by atoms with E-state index in [-0.39, 0.29) is 22.8 Å². The lowest BCUT2D eigenvalue weighted by Gasteiger charge is -2.14. The van der Waals surface area contributed by atoms with E-state index < -0.39 is 15.8 Å². The van der Waals surface area contributed by atoms with Crippen molar-refractivity contribution in [2.45, 2.75) is 29.7 Å². The van der Waals surface area contributed by atoms with Crippen LogP contribution < -0.4 is 0 Å². The molecule has 0 saturated carbocycles. The minimum atomic E-state index is -3.75. The van der Waals surface area contributed by atoms with Gasteiger partial charge in [0.2, 0.25) is 9.84 Å². The number of sulfone groups is 1. The number of aromatic nitrogens is 2. The smallest absolute Gasteiger partial charge is 0.307 e. The van der Waals surface area contributed by atoms with Crippen LogP contribution in [0.5, 0.6) is 0 Å². The number of halogens is 1. The number of carboxylic acids is 1. The summed E-state index contributed by atoms with van der Waals surface area (Å²) in [5, 5.41) is 14.6. The minimum Gasteiger partial charge on any atom is -0.481 e. The number of aliphatic carboxylic acids is 1. The predicted molar refractivity (Wildman–Crippen MR) is 126 cm³/mol. The number of rotatable bonds is 7. The Morgan fingerprint density at radius 2 is 1.61 bits per heavy atom. The number of nitrogens with zero attached hydrogens (tertiary/aromatic N) is 2. The third kappa shape index (κ3) is 4.69. The molecule has 33 heavy (non-hydrogen) atoms. The first-order valence-corrected chi connectivity index (χ1v) is 12.1. The van der Waals surface area contributed by atoms with Gasteiger partial charge in [0.15, 0.2) is 0 Å². The first-order chi connectivity index (χ1) is 15.8. The van der Waals surface area contributed by atoms with Gasteiger partial charge in [-0.1, -0.05) is 60.1 Å². The van der Waals surface area contributed by atoms with Gasteiger partial charge >= 0.3 is 5.97 Å². The number of hydrogen-bond donors (Lipinski definition) is 1. The molecule has 1 N–H and O–H groups in total. The van der Waals surface area contributed by atoms with Crippen LogP contribution in [-0.4, -0.2) is 29.3 Å². The summed E-state index contributed by atoms with van der Waals surface area (Å²) < 4.78 is 28.3. The molecule has 0 aliphatic heterocycles. The predicted octanol–water partition coefficient (Wildman–Crippen LogP) is 5.02. The lowest BCUT2D eigenvalue weighted by Crippen LogP contribution is -2.11. The molecule has 0 atom stereocenters. The monoisotopic (exact) mass is 480 g/mol. The summed E-state index contributed by atoms with van der Waals surface area (Å²) in [4.78, 5) is 11.9. The van der Waals surface area contributed by atoms with E-state index in [0.717, 1.165) is 5.56 Å². The third-order valence-corrected chi connectivity index (χ3v) is 7.45. The van der Waals surface area contributed by atoms with Crippen LogP contribution in [0.2, 0.25) is 5.02 Å². The maximum Gasteiger partial charge on any atom is 0.307 e. The van der Waals surface area contributed by atoms with Gasteiger partial charge in [-0.15, -0.1) is 0 Å². The zero-order chi connectivity index (χ0) is 23.6. The molecule has 4 rings (SSSR count). The van der Waals surface area contributed by atoms with Gasteiger partial charge in [-0.3, -0.25) is 9.48 Å². The van der Waals surface area contributed by atoms with E-state index in [4.69, 9.17) is 11.6 Å². The van der Waals surface area contributed by atoms with Crippen molar-refractivity contribution in [3.8, 4) is 11.3 Å². The molecule has 168 valence electrons. The zero-order valence-corrected chi connectivity index (χ0v) is 19.3. The molecule has 1 heterocycles. The fraction of sp³-hybridized carbons (Fsp3) is 0.120. The van der Waals surface area contributed by atoms with E-state index in [0.29, 0.717) is 27.5 Å². The maximum absolute atomic E-state index is 13.3. The highest BCUT2D eigenvalue weighted by Gasteiger charge is 2.24. The molecule has 0 unspecified atom stereocenters. The van der Waals surface area contributed by atoms with E-state index in [1.54, 1.807) is 90.5 Å². The van der Waals surface area contributed by atoms with Crippen LogP contribution in [0, 0.1) is 6.92 Å². The van der Waals surface area contributed by atoms with Crippen LogP contribution in [0.1, 0.15) is 16.8 Å². The lowest BCUT2D eigenvalue weighted by molar-refractivity contribution is -0.136. The molecule has 3 aromatic carbocycles. The number of hydrogen-bond acceptors (Lipinski definition) is 4. The Morgan fingerprint density at radius 3 is 2.27 bits per heavy atom. The summed E-state index contributed by atoms with van der Waals surface area (Å²) in [5.41, 5.74) is 3.08. The van der Waals surface area contributed by atoms with Gasteiger partial charge in [-0.2, -0.15) is 5.10 Å². The van der Waals surface area contributed by atoms with Crippen molar-refractivity contribution < 1.29 is 18.3 Å². The van der Waals surface area contributed by atoms with Crippen LogP contribution >= 0.6 is 11.6 Å². The molecule has 0 saturated heterocycles. The molecule has 6 nitrogen and oxygen atoms in total. The van der Waals surface area contributed by atoms with Crippen LogP contribution in [0.15, 0.2) is 88.7 Å². The summed E-state index contributed by atoms with van der Waals surface area (Å²) in [6.45, 7) is 1.90. The molecule has 0 aliphatic rings. The second kappa shape index (κ2) is 9.21. The van der Waals surface area contributed by atoms with Gasteiger partial charge in [0.05, 0.1) is 34.1 Å². The molecule has 8 heteroatoms. The molecule has 0 bridgehead atoms. The average Bonchev–Trinajstić information content (AvgIpc) is 3.09. The van der Waals surface area contributed by atoms with Gasteiger partial charge in [-0.25, -0.2) is 8.42 Å². The van der Waals surface area contributed by atoms with Gasteiger partial charge < -0.3 is 5.11 Å². The van der Waals surface area contributed by atoms with Crippen molar-refractivity contribution in [2.75, 3.05) is 0 Å². The largest absolute Gasteiger partial charge is 0.481 e. The van der Waals surface area contributed by atoms with Gasteiger partial charge in [0.1, 0.15) is 0 Å². The van der Waals surface area contributed by atoms with E-state index in [1.165, 1.54) is 0 Å². The van der Waals surface area contributed by atoms with Crippen molar-refractivity contribution in [3.05, 3.63) is 101 Å². The molecule has 0 fully saturated rings. The number of carboxylic acid groups (broad SMARTS) is 1. The third-order valence-electron chi connectivity index (χ3n) is 5.33. The lowest BCUT2D eigenvalue weighted by atomic mass is 10.0. The number of carbonyl (C=O) groups is 1. The Kier molecular flexibility index (Phi) is 6.35. The van der Waals surface area contributed by atoms with Crippen molar-refractivity contribution in [1.29, 1.82) is 0 Å². The summed E-state index contributed by atoms with van der Waals surface area (Å²) in [6, 6.07) is 22.1. The van der Waals surface area contributed by atoms with Gasteiger partial charge in [0.25, 0.3) is 0 Å². The number of benzene rings is 3. The van der Waals surface area contributed by atoms with E-state index in [2.05, 4.69) is 5.10 Å². The molecule has 0 aliphatic carbocycles. The summed E-state index contributed by atoms with van der Waals surface area (Å²) >= 11 is 6.04. The Balaban J connectivity index is 1.85. The summed E-state index contributed by atoms with van der Waals surface area (Å²) in [6.07, 6.45) is -0.201. The highest BCUT2D eigenvalue weighted by Crippen LogP contribution is 2.31. The fourth-order valence-electron chi connectivity index (χ4n) is 3.81. The minimum absolute atomic E-state index is 0.153. The number of aryl methyl sites for hydroxylation is 1. The second-order valence-corrected chi connectivity index (χ2v) is 9.93. The van der Waals surface area contributed by atoms with Crippen LogP contribution in [0.4, 0.5) is 0 Å². The fourth-order valence-corrected chi connectivity index (χ4v) is 5.44. The van der Waals surface area contributed by atoms with Crippen LogP contribution in [0.25, 0.3) is 11.3 Å². The molecule has 0 spiro atoms. The molecule has 1 aromatic heterocycles. The van der Waals surface area contributed by atoms with Crippen molar-refractivity contribution in [1.82, 2.24) is 9.78 Å². The quantitative estimate of drug-likeness (QED) is 0.401. The Labute approximate surface area is 197 Å². The Hall–Kier alpha value is -3.42. The molecule has 0 radical (unpaired) electrons. The van der Waals surface area contributed by atoms with E-state index >= 15 is 0 Å².